The maximum Gasteiger partial charge on any atom is 0.352 e. The van der Waals surface area contributed by atoms with Crippen LogP contribution in [0.5, 0.6) is 5.75 Å². The van der Waals surface area contributed by atoms with Crippen LogP contribution in [0.1, 0.15) is 10.5 Å². The van der Waals surface area contributed by atoms with E-state index in [4.69, 9.17) is 21.4 Å². The van der Waals surface area contributed by atoms with E-state index in [-0.39, 0.29) is 5.69 Å². The normalized spacial score (nSPS) is 10.2. The number of carbonyl (C=O) groups is 1. The van der Waals surface area contributed by atoms with E-state index in [1.54, 1.807) is 37.6 Å². The summed E-state index contributed by atoms with van der Waals surface area (Å²) in [6, 6.07) is 8.46. The molecule has 0 unspecified atom stereocenters. The summed E-state index contributed by atoms with van der Waals surface area (Å²) in [7, 11) is 1.57. The highest BCUT2D eigenvalue weighted by Crippen LogP contribution is 2.21. The molecule has 0 atom stereocenters. The second kappa shape index (κ2) is 4.51. The molecular weight excluding hydrogens is 242 g/mol. The molecule has 0 amide bonds. The van der Waals surface area contributed by atoms with E-state index in [9.17, 15) is 4.79 Å². The number of aromatic carboxylic acids is 1. The Morgan fingerprint density at radius 2 is 2.00 bits per heavy atom. The summed E-state index contributed by atoms with van der Waals surface area (Å²) < 4.78 is 6.55. The van der Waals surface area contributed by atoms with Gasteiger partial charge in [-0.15, -0.1) is 0 Å². The van der Waals surface area contributed by atoms with Crippen molar-refractivity contribution < 1.29 is 14.6 Å². The highest BCUT2D eigenvalue weighted by Gasteiger charge is 2.12. The zero-order valence-corrected chi connectivity index (χ0v) is 9.81. The number of carboxylic acid groups (broad SMARTS) is 1. The first-order valence-electron chi connectivity index (χ1n) is 4.87. The summed E-state index contributed by atoms with van der Waals surface area (Å²) in [5.41, 5.74) is 0.843. The van der Waals surface area contributed by atoms with Crippen LogP contribution in [0.15, 0.2) is 36.5 Å². The number of methoxy groups -OCH3 is 1. The second-order valence-corrected chi connectivity index (χ2v) is 3.85. The Labute approximate surface area is 103 Å². The Morgan fingerprint density at radius 1 is 1.35 bits per heavy atom. The van der Waals surface area contributed by atoms with Gasteiger partial charge in [-0.3, -0.25) is 0 Å². The van der Waals surface area contributed by atoms with Crippen LogP contribution in [-0.2, 0) is 0 Å². The number of halogens is 1. The molecule has 0 saturated heterocycles. The van der Waals surface area contributed by atoms with Gasteiger partial charge in [-0.2, -0.15) is 0 Å². The lowest BCUT2D eigenvalue weighted by atomic mass is 10.3. The molecule has 0 bridgehead atoms. The summed E-state index contributed by atoms with van der Waals surface area (Å²) >= 11 is 5.81. The van der Waals surface area contributed by atoms with Gasteiger partial charge in [-0.05, 0) is 30.3 Å². The van der Waals surface area contributed by atoms with Gasteiger partial charge in [-0.1, -0.05) is 11.6 Å². The van der Waals surface area contributed by atoms with Crippen molar-refractivity contribution in [3.63, 3.8) is 0 Å². The van der Waals surface area contributed by atoms with Crippen LogP contribution in [-0.4, -0.2) is 22.8 Å². The van der Waals surface area contributed by atoms with Gasteiger partial charge in [0.15, 0.2) is 0 Å². The van der Waals surface area contributed by atoms with Crippen molar-refractivity contribution in [2.24, 2.45) is 0 Å². The Balaban J connectivity index is 2.48. The second-order valence-electron chi connectivity index (χ2n) is 3.42. The lowest BCUT2D eigenvalue weighted by Crippen LogP contribution is -2.05. The molecule has 17 heavy (non-hydrogen) atoms. The van der Waals surface area contributed by atoms with Crippen LogP contribution in [0.4, 0.5) is 0 Å². The standard InChI is InChI=1S/C12H10ClNO3/c1-17-10-4-2-9(3-5-10)14-7-8(13)6-11(14)12(15)16/h2-7H,1H3,(H,15,16). The monoisotopic (exact) mass is 251 g/mol. The van der Waals surface area contributed by atoms with Crippen LogP contribution in [0, 0.1) is 0 Å². The SMILES string of the molecule is COc1ccc(-n2cc(Cl)cc2C(=O)O)cc1. The predicted molar refractivity (Wildman–Crippen MR) is 64.3 cm³/mol. The third-order valence-corrected chi connectivity index (χ3v) is 2.56. The highest BCUT2D eigenvalue weighted by atomic mass is 35.5. The summed E-state index contributed by atoms with van der Waals surface area (Å²) in [6.07, 6.45) is 1.56. The molecule has 2 rings (SSSR count). The van der Waals surface area contributed by atoms with Crippen molar-refractivity contribution in [3.05, 3.63) is 47.2 Å². The number of benzene rings is 1. The molecule has 1 aromatic heterocycles. The van der Waals surface area contributed by atoms with Crippen molar-refractivity contribution in [2.75, 3.05) is 7.11 Å². The molecule has 1 aromatic carbocycles. The van der Waals surface area contributed by atoms with E-state index >= 15 is 0 Å². The van der Waals surface area contributed by atoms with Gasteiger partial charge in [0, 0.05) is 11.9 Å². The van der Waals surface area contributed by atoms with E-state index in [0.29, 0.717) is 10.8 Å². The fraction of sp³-hybridized carbons (Fsp3) is 0.0833. The van der Waals surface area contributed by atoms with Gasteiger partial charge in [0.1, 0.15) is 11.4 Å². The zero-order chi connectivity index (χ0) is 12.4. The lowest BCUT2D eigenvalue weighted by Gasteiger charge is -2.06. The molecule has 0 aliphatic rings. The summed E-state index contributed by atoms with van der Waals surface area (Å²) in [4.78, 5) is 11.0. The van der Waals surface area contributed by atoms with Crippen molar-refractivity contribution in [1.82, 2.24) is 4.57 Å². The number of hydrogen-bond donors (Lipinski definition) is 1. The molecule has 4 nitrogen and oxygen atoms in total. The molecule has 0 spiro atoms. The minimum atomic E-state index is -1.02. The van der Waals surface area contributed by atoms with Crippen molar-refractivity contribution in [2.45, 2.75) is 0 Å². The summed E-state index contributed by atoms with van der Waals surface area (Å²) in [5, 5.41) is 9.42. The molecular formula is C12H10ClNO3. The largest absolute Gasteiger partial charge is 0.497 e. The zero-order valence-electron chi connectivity index (χ0n) is 9.05. The van der Waals surface area contributed by atoms with Gasteiger partial charge in [0.05, 0.1) is 12.1 Å². The molecule has 0 aliphatic carbocycles. The number of hydrogen-bond acceptors (Lipinski definition) is 2. The van der Waals surface area contributed by atoms with Gasteiger partial charge in [0.2, 0.25) is 0 Å². The van der Waals surface area contributed by atoms with Crippen molar-refractivity contribution in [3.8, 4) is 11.4 Å². The van der Waals surface area contributed by atoms with Crippen LogP contribution in [0.3, 0.4) is 0 Å². The third-order valence-electron chi connectivity index (χ3n) is 2.36. The van der Waals surface area contributed by atoms with Crippen LogP contribution in [0.2, 0.25) is 5.02 Å². The fourth-order valence-corrected chi connectivity index (χ4v) is 1.75. The Bertz CT molecular complexity index is 545. The van der Waals surface area contributed by atoms with Gasteiger partial charge < -0.3 is 14.4 Å². The van der Waals surface area contributed by atoms with Crippen LogP contribution < -0.4 is 4.74 Å². The van der Waals surface area contributed by atoms with Gasteiger partial charge in [-0.25, -0.2) is 4.79 Å². The first kappa shape index (κ1) is 11.5. The van der Waals surface area contributed by atoms with Crippen LogP contribution >= 0.6 is 11.6 Å². The average Bonchev–Trinajstić information content (AvgIpc) is 2.72. The third kappa shape index (κ3) is 2.26. The maximum atomic E-state index is 11.0. The lowest BCUT2D eigenvalue weighted by molar-refractivity contribution is 0.0688. The molecule has 0 aliphatic heterocycles. The number of ether oxygens (including phenoxy) is 1. The summed E-state index contributed by atoms with van der Waals surface area (Å²) in [6.45, 7) is 0. The smallest absolute Gasteiger partial charge is 0.352 e. The average molecular weight is 252 g/mol. The Hall–Kier alpha value is -1.94. The van der Waals surface area contributed by atoms with E-state index in [1.165, 1.54) is 10.6 Å². The molecule has 88 valence electrons. The first-order valence-corrected chi connectivity index (χ1v) is 5.25. The number of aromatic nitrogens is 1. The van der Waals surface area contributed by atoms with E-state index in [2.05, 4.69) is 0 Å². The highest BCUT2D eigenvalue weighted by molar-refractivity contribution is 6.31. The maximum absolute atomic E-state index is 11.0. The predicted octanol–water partition coefficient (Wildman–Crippen LogP) is 2.84. The van der Waals surface area contributed by atoms with Gasteiger partial charge >= 0.3 is 5.97 Å². The Kier molecular flexibility index (Phi) is 3.06. The number of carboxylic acids is 1. The van der Waals surface area contributed by atoms with Gasteiger partial charge in [0.25, 0.3) is 0 Å². The van der Waals surface area contributed by atoms with E-state index in [0.717, 1.165) is 5.69 Å². The molecule has 1 heterocycles. The van der Waals surface area contributed by atoms with Crippen molar-refractivity contribution >= 4 is 17.6 Å². The number of rotatable bonds is 3. The van der Waals surface area contributed by atoms with E-state index < -0.39 is 5.97 Å². The molecule has 5 heteroatoms. The minimum absolute atomic E-state index is 0.125. The molecule has 1 N–H and O–H groups in total. The fourth-order valence-electron chi connectivity index (χ4n) is 1.55. The molecule has 2 aromatic rings. The topological polar surface area (TPSA) is 51.5 Å². The summed E-state index contributed by atoms with van der Waals surface area (Å²) in [5.74, 6) is -0.309. The molecule has 0 saturated carbocycles. The Morgan fingerprint density at radius 3 is 2.53 bits per heavy atom. The van der Waals surface area contributed by atoms with E-state index in [1.807, 2.05) is 0 Å². The molecule has 0 fully saturated rings. The first-order chi connectivity index (χ1) is 8.11. The van der Waals surface area contributed by atoms with Crippen molar-refractivity contribution in [1.29, 1.82) is 0 Å². The van der Waals surface area contributed by atoms with Crippen LogP contribution in [0.25, 0.3) is 5.69 Å². The minimum Gasteiger partial charge on any atom is -0.497 e. The number of nitrogens with zero attached hydrogens (tertiary/aromatic N) is 1. The quantitative estimate of drug-likeness (QED) is 0.913. The molecule has 0 radical (unpaired) electrons.